The Labute approximate surface area is 162 Å². The van der Waals surface area contributed by atoms with Crippen molar-refractivity contribution in [3.63, 3.8) is 0 Å². The number of hydrogen-bond acceptors (Lipinski definition) is 5. The van der Waals surface area contributed by atoms with Crippen LogP contribution >= 0.6 is 11.3 Å². The van der Waals surface area contributed by atoms with Gasteiger partial charge >= 0.3 is 5.97 Å². The van der Waals surface area contributed by atoms with Crippen LogP contribution in [0.4, 0.5) is 5.69 Å². The summed E-state index contributed by atoms with van der Waals surface area (Å²) in [5.41, 5.74) is 4.14. The fourth-order valence-electron chi connectivity index (χ4n) is 2.51. The van der Waals surface area contributed by atoms with E-state index in [0.717, 1.165) is 18.4 Å². The number of esters is 1. The SMILES string of the molecule is CCCCOC(=O)c1cccc(NC(=O)c2scnc2-c2ccccc2)c1. The molecule has 1 heterocycles. The third-order valence-electron chi connectivity index (χ3n) is 3.91. The lowest BCUT2D eigenvalue weighted by Gasteiger charge is -2.08. The number of rotatable bonds is 7. The smallest absolute Gasteiger partial charge is 0.338 e. The van der Waals surface area contributed by atoms with E-state index in [1.165, 1.54) is 11.3 Å². The lowest BCUT2D eigenvalue weighted by Crippen LogP contribution is -2.12. The number of hydrogen-bond donors (Lipinski definition) is 1. The molecule has 1 N–H and O–H groups in total. The first kappa shape index (κ1) is 18.8. The summed E-state index contributed by atoms with van der Waals surface area (Å²) in [6, 6.07) is 16.3. The van der Waals surface area contributed by atoms with E-state index in [2.05, 4.69) is 10.3 Å². The Hall–Kier alpha value is -2.99. The van der Waals surface area contributed by atoms with Crippen molar-refractivity contribution in [3.8, 4) is 11.3 Å². The van der Waals surface area contributed by atoms with Crippen molar-refractivity contribution in [1.82, 2.24) is 4.98 Å². The number of amides is 1. The van der Waals surface area contributed by atoms with Crippen molar-refractivity contribution in [2.24, 2.45) is 0 Å². The molecule has 27 heavy (non-hydrogen) atoms. The molecule has 0 saturated heterocycles. The number of aromatic nitrogens is 1. The zero-order valence-corrected chi connectivity index (χ0v) is 15.8. The lowest BCUT2D eigenvalue weighted by atomic mass is 10.1. The minimum atomic E-state index is -0.387. The fourth-order valence-corrected chi connectivity index (χ4v) is 3.22. The van der Waals surface area contributed by atoms with Gasteiger partial charge in [-0.2, -0.15) is 0 Å². The quantitative estimate of drug-likeness (QED) is 0.462. The number of carbonyl (C=O) groups is 2. The summed E-state index contributed by atoms with van der Waals surface area (Å²) in [6.45, 7) is 2.43. The number of thiazole rings is 1. The normalized spacial score (nSPS) is 10.4. The Bertz CT molecular complexity index is 922. The van der Waals surface area contributed by atoms with E-state index in [4.69, 9.17) is 4.74 Å². The van der Waals surface area contributed by atoms with Gasteiger partial charge < -0.3 is 10.1 Å². The molecule has 0 aliphatic carbocycles. The topological polar surface area (TPSA) is 68.3 Å². The Morgan fingerprint density at radius 1 is 1.11 bits per heavy atom. The summed E-state index contributed by atoms with van der Waals surface area (Å²) in [6.07, 6.45) is 1.79. The first-order valence-electron chi connectivity index (χ1n) is 8.76. The molecule has 5 nitrogen and oxygen atoms in total. The maximum absolute atomic E-state index is 12.7. The van der Waals surface area contributed by atoms with E-state index >= 15 is 0 Å². The predicted molar refractivity (Wildman–Crippen MR) is 107 cm³/mol. The average molecular weight is 380 g/mol. The molecule has 0 radical (unpaired) electrons. The second-order valence-corrected chi connectivity index (χ2v) is 6.78. The highest BCUT2D eigenvalue weighted by molar-refractivity contribution is 7.12. The van der Waals surface area contributed by atoms with Crippen LogP contribution in [0.1, 0.15) is 39.8 Å². The maximum Gasteiger partial charge on any atom is 0.338 e. The van der Waals surface area contributed by atoms with Crippen molar-refractivity contribution in [1.29, 1.82) is 0 Å². The number of unbranched alkanes of at least 4 members (excludes halogenated alkanes) is 1. The Balaban J connectivity index is 1.73. The van der Waals surface area contributed by atoms with Gasteiger partial charge in [-0.05, 0) is 24.6 Å². The molecule has 0 bridgehead atoms. The Morgan fingerprint density at radius 2 is 1.93 bits per heavy atom. The summed E-state index contributed by atoms with van der Waals surface area (Å²) in [5, 5.41) is 2.84. The van der Waals surface area contributed by atoms with E-state index < -0.39 is 0 Å². The molecule has 0 aliphatic heterocycles. The maximum atomic E-state index is 12.7. The van der Waals surface area contributed by atoms with Gasteiger partial charge in [0, 0.05) is 11.3 Å². The first-order chi connectivity index (χ1) is 13.2. The van der Waals surface area contributed by atoms with Crippen LogP contribution in [0, 0.1) is 0 Å². The number of nitrogens with zero attached hydrogens (tertiary/aromatic N) is 1. The predicted octanol–water partition coefficient (Wildman–Crippen LogP) is 5.02. The Kier molecular flexibility index (Phi) is 6.33. The van der Waals surface area contributed by atoms with Crippen LogP contribution in [0.3, 0.4) is 0 Å². The molecule has 0 spiro atoms. The third-order valence-corrected chi connectivity index (χ3v) is 4.73. The van der Waals surface area contributed by atoms with E-state index in [1.54, 1.807) is 29.8 Å². The van der Waals surface area contributed by atoms with Crippen LogP contribution in [0.25, 0.3) is 11.3 Å². The molecule has 0 saturated carbocycles. The number of ether oxygens (including phenoxy) is 1. The van der Waals surface area contributed by atoms with Gasteiger partial charge in [0.25, 0.3) is 5.91 Å². The van der Waals surface area contributed by atoms with Gasteiger partial charge in [-0.1, -0.05) is 49.7 Å². The molecule has 138 valence electrons. The van der Waals surface area contributed by atoms with Crippen molar-refractivity contribution >= 4 is 28.9 Å². The molecule has 1 amide bonds. The summed E-state index contributed by atoms with van der Waals surface area (Å²) >= 11 is 1.28. The molecule has 0 aliphatic rings. The number of nitrogens with one attached hydrogen (secondary N) is 1. The Morgan fingerprint density at radius 3 is 2.70 bits per heavy atom. The molecule has 6 heteroatoms. The van der Waals surface area contributed by atoms with Crippen LogP contribution in [-0.2, 0) is 4.74 Å². The second kappa shape index (κ2) is 9.09. The van der Waals surface area contributed by atoms with Gasteiger partial charge in [0.1, 0.15) is 4.88 Å². The lowest BCUT2D eigenvalue weighted by molar-refractivity contribution is 0.0499. The summed E-state index contributed by atoms with van der Waals surface area (Å²) in [7, 11) is 0. The molecule has 2 aromatic carbocycles. The molecule has 3 aromatic rings. The van der Waals surface area contributed by atoms with Crippen LogP contribution in [0.2, 0.25) is 0 Å². The highest BCUT2D eigenvalue weighted by Gasteiger charge is 2.17. The first-order valence-corrected chi connectivity index (χ1v) is 9.64. The molecule has 0 fully saturated rings. The fraction of sp³-hybridized carbons (Fsp3) is 0.190. The zero-order valence-electron chi connectivity index (χ0n) is 15.0. The average Bonchev–Trinajstić information content (AvgIpc) is 3.19. The van der Waals surface area contributed by atoms with Crippen molar-refractivity contribution in [3.05, 3.63) is 70.5 Å². The standard InChI is InChI=1S/C21H20N2O3S/c1-2-3-12-26-21(25)16-10-7-11-17(13-16)23-20(24)19-18(22-14-27-19)15-8-5-4-6-9-15/h4-11,13-14H,2-3,12H2,1H3,(H,23,24). The third kappa shape index (κ3) is 4.80. The van der Waals surface area contributed by atoms with Crippen molar-refractivity contribution in [2.75, 3.05) is 11.9 Å². The molecular formula is C21H20N2O3S. The van der Waals surface area contributed by atoms with Gasteiger partial charge in [0.15, 0.2) is 0 Å². The van der Waals surface area contributed by atoms with Crippen LogP contribution < -0.4 is 5.32 Å². The van der Waals surface area contributed by atoms with E-state index in [9.17, 15) is 9.59 Å². The minimum absolute atomic E-state index is 0.257. The van der Waals surface area contributed by atoms with Crippen molar-refractivity contribution < 1.29 is 14.3 Å². The summed E-state index contributed by atoms with van der Waals surface area (Å²) in [5.74, 6) is -0.643. The van der Waals surface area contributed by atoms with Gasteiger partial charge in [-0.3, -0.25) is 4.79 Å². The van der Waals surface area contributed by atoms with Crippen LogP contribution in [0.5, 0.6) is 0 Å². The zero-order chi connectivity index (χ0) is 19.1. The molecule has 3 rings (SSSR count). The van der Waals surface area contributed by atoms with Crippen molar-refractivity contribution in [2.45, 2.75) is 19.8 Å². The highest BCUT2D eigenvalue weighted by atomic mass is 32.1. The van der Waals surface area contributed by atoms with E-state index in [1.807, 2.05) is 37.3 Å². The van der Waals surface area contributed by atoms with E-state index in [0.29, 0.717) is 28.4 Å². The van der Waals surface area contributed by atoms with Gasteiger partial charge in [0.2, 0.25) is 0 Å². The van der Waals surface area contributed by atoms with Gasteiger partial charge in [-0.15, -0.1) is 11.3 Å². The van der Waals surface area contributed by atoms with E-state index in [-0.39, 0.29) is 11.9 Å². The van der Waals surface area contributed by atoms with Gasteiger partial charge in [0.05, 0.1) is 23.4 Å². The second-order valence-electron chi connectivity index (χ2n) is 5.92. The summed E-state index contributed by atoms with van der Waals surface area (Å²) in [4.78, 5) is 29.6. The van der Waals surface area contributed by atoms with Crippen LogP contribution in [-0.4, -0.2) is 23.5 Å². The largest absolute Gasteiger partial charge is 0.462 e. The molecule has 0 atom stereocenters. The monoisotopic (exact) mass is 380 g/mol. The highest BCUT2D eigenvalue weighted by Crippen LogP contribution is 2.26. The minimum Gasteiger partial charge on any atom is -0.462 e. The number of benzene rings is 2. The molecule has 0 unspecified atom stereocenters. The molecule has 1 aromatic heterocycles. The summed E-state index contributed by atoms with van der Waals surface area (Å²) < 4.78 is 5.22. The number of anilines is 1. The molecular weight excluding hydrogens is 360 g/mol. The number of carbonyl (C=O) groups excluding carboxylic acids is 2. The van der Waals surface area contributed by atoms with Crippen LogP contribution in [0.15, 0.2) is 60.1 Å². The van der Waals surface area contributed by atoms with Gasteiger partial charge in [-0.25, -0.2) is 9.78 Å².